The first-order valence-electron chi connectivity index (χ1n) is 8.63. The number of nitrogens with one attached hydrogen (secondary N) is 3. The monoisotopic (exact) mass is 410 g/mol. The number of nitrogens with zero attached hydrogens (tertiary/aromatic N) is 3. The van der Waals surface area contributed by atoms with Crippen molar-refractivity contribution in [1.82, 2.24) is 9.97 Å². The summed E-state index contributed by atoms with van der Waals surface area (Å²) >= 11 is 0. The summed E-state index contributed by atoms with van der Waals surface area (Å²) in [5, 5.41) is 18.9. The summed E-state index contributed by atoms with van der Waals surface area (Å²) in [6.07, 6.45) is 1.47. The van der Waals surface area contributed by atoms with Gasteiger partial charge in [0.2, 0.25) is 5.95 Å². The number of carbonyl (C=O) groups is 1. The predicted molar refractivity (Wildman–Crippen MR) is 111 cm³/mol. The van der Waals surface area contributed by atoms with E-state index in [1.165, 1.54) is 43.6 Å². The summed E-state index contributed by atoms with van der Waals surface area (Å²) in [6, 6.07) is 11.7. The standard InChI is InChI=1S/C19H18N6O5/c1-29-14-6-7-15(16(11-14)30-2)22-18-20-9-8-17(23-18)24-19(26)21-12-4-3-5-13(10-12)25(27)28/h3-11H,1-2H3,(H3,20,21,22,23,24,26). The van der Waals surface area contributed by atoms with E-state index in [1.807, 2.05) is 0 Å². The summed E-state index contributed by atoms with van der Waals surface area (Å²) in [4.78, 5) is 30.8. The minimum absolute atomic E-state index is 0.130. The summed E-state index contributed by atoms with van der Waals surface area (Å²) in [7, 11) is 3.08. The maximum absolute atomic E-state index is 12.2. The number of nitro groups is 1. The number of urea groups is 1. The Bertz CT molecular complexity index is 1070. The largest absolute Gasteiger partial charge is 0.497 e. The highest BCUT2D eigenvalue weighted by molar-refractivity contribution is 5.99. The van der Waals surface area contributed by atoms with Crippen molar-refractivity contribution in [3.63, 3.8) is 0 Å². The summed E-state index contributed by atoms with van der Waals surface area (Å²) in [6.45, 7) is 0. The van der Waals surface area contributed by atoms with Crippen LogP contribution < -0.4 is 25.4 Å². The lowest BCUT2D eigenvalue weighted by molar-refractivity contribution is -0.384. The van der Waals surface area contributed by atoms with Crippen molar-refractivity contribution in [1.29, 1.82) is 0 Å². The predicted octanol–water partition coefficient (Wildman–Crippen LogP) is 3.79. The fourth-order valence-corrected chi connectivity index (χ4v) is 2.49. The van der Waals surface area contributed by atoms with Crippen LogP contribution >= 0.6 is 0 Å². The van der Waals surface area contributed by atoms with Crippen molar-refractivity contribution in [2.45, 2.75) is 0 Å². The normalized spacial score (nSPS) is 10.1. The first-order chi connectivity index (χ1) is 14.5. The van der Waals surface area contributed by atoms with Crippen molar-refractivity contribution >= 4 is 34.9 Å². The van der Waals surface area contributed by atoms with Gasteiger partial charge in [-0.2, -0.15) is 4.98 Å². The molecule has 3 aromatic rings. The Morgan fingerprint density at radius 1 is 1.07 bits per heavy atom. The molecular formula is C19H18N6O5. The number of methoxy groups -OCH3 is 2. The summed E-state index contributed by atoms with van der Waals surface area (Å²) in [5.74, 6) is 1.61. The van der Waals surface area contributed by atoms with Gasteiger partial charge < -0.3 is 20.1 Å². The molecule has 1 heterocycles. The van der Waals surface area contributed by atoms with E-state index < -0.39 is 11.0 Å². The third-order valence-electron chi connectivity index (χ3n) is 3.87. The van der Waals surface area contributed by atoms with Crippen LogP contribution in [0, 0.1) is 10.1 Å². The smallest absolute Gasteiger partial charge is 0.324 e. The molecule has 0 radical (unpaired) electrons. The Morgan fingerprint density at radius 3 is 2.63 bits per heavy atom. The number of hydrogen-bond donors (Lipinski definition) is 3. The number of nitro benzene ring substituents is 1. The Morgan fingerprint density at radius 2 is 1.90 bits per heavy atom. The van der Waals surface area contributed by atoms with E-state index in [2.05, 4.69) is 25.9 Å². The van der Waals surface area contributed by atoms with Gasteiger partial charge in [-0.05, 0) is 24.3 Å². The fraction of sp³-hybridized carbons (Fsp3) is 0.105. The van der Waals surface area contributed by atoms with Crippen LogP contribution in [-0.2, 0) is 0 Å². The van der Waals surface area contributed by atoms with Gasteiger partial charge in [0, 0.05) is 30.1 Å². The zero-order valence-corrected chi connectivity index (χ0v) is 16.1. The molecule has 30 heavy (non-hydrogen) atoms. The van der Waals surface area contributed by atoms with Crippen LogP contribution in [0.3, 0.4) is 0 Å². The quantitative estimate of drug-likeness (QED) is 0.395. The van der Waals surface area contributed by atoms with Gasteiger partial charge >= 0.3 is 6.03 Å². The molecule has 0 bridgehead atoms. The zero-order valence-electron chi connectivity index (χ0n) is 16.1. The van der Waals surface area contributed by atoms with Gasteiger partial charge in [-0.15, -0.1) is 0 Å². The highest BCUT2D eigenvalue weighted by Gasteiger charge is 2.11. The van der Waals surface area contributed by atoms with Crippen molar-refractivity contribution in [3.05, 3.63) is 64.8 Å². The first-order valence-corrected chi connectivity index (χ1v) is 8.63. The van der Waals surface area contributed by atoms with Crippen LogP contribution in [0.2, 0.25) is 0 Å². The van der Waals surface area contributed by atoms with Crippen molar-refractivity contribution in [3.8, 4) is 11.5 Å². The van der Waals surface area contributed by atoms with E-state index in [1.54, 1.807) is 25.3 Å². The molecule has 154 valence electrons. The number of non-ortho nitro benzene ring substituents is 1. The number of rotatable bonds is 7. The number of amides is 2. The maximum Gasteiger partial charge on any atom is 0.324 e. The average Bonchev–Trinajstić information content (AvgIpc) is 2.74. The SMILES string of the molecule is COc1ccc(Nc2nccc(NC(=O)Nc3cccc([N+](=O)[O-])c3)n2)c(OC)c1. The molecule has 0 spiro atoms. The average molecular weight is 410 g/mol. The van der Waals surface area contributed by atoms with Crippen LogP contribution in [0.15, 0.2) is 54.7 Å². The minimum Gasteiger partial charge on any atom is -0.497 e. The lowest BCUT2D eigenvalue weighted by Gasteiger charge is -2.12. The molecule has 0 fully saturated rings. The molecule has 2 aromatic carbocycles. The van der Waals surface area contributed by atoms with Crippen LogP contribution in [0.4, 0.5) is 33.6 Å². The molecule has 2 amide bonds. The van der Waals surface area contributed by atoms with E-state index in [0.717, 1.165) is 0 Å². The van der Waals surface area contributed by atoms with E-state index in [9.17, 15) is 14.9 Å². The molecule has 0 atom stereocenters. The van der Waals surface area contributed by atoms with Gasteiger partial charge in [0.1, 0.15) is 17.3 Å². The van der Waals surface area contributed by atoms with Gasteiger partial charge in [-0.25, -0.2) is 9.78 Å². The maximum atomic E-state index is 12.2. The number of ether oxygens (including phenoxy) is 2. The lowest BCUT2D eigenvalue weighted by Crippen LogP contribution is -2.20. The molecular weight excluding hydrogens is 392 g/mol. The zero-order chi connectivity index (χ0) is 21.5. The van der Waals surface area contributed by atoms with Crippen molar-refractivity contribution < 1.29 is 19.2 Å². The molecule has 0 unspecified atom stereocenters. The van der Waals surface area contributed by atoms with Gasteiger partial charge in [0.25, 0.3) is 5.69 Å². The summed E-state index contributed by atoms with van der Waals surface area (Å²) < 4.78 is 10.5. The van der Waals surface area contributed by atoms with Gasteiger partial charge in [-0.3, -0.25) is 15.4 Å². The second-order valence-corrected chi connectivity index (χ2v) is 5.84. The van der Waals surface area contributed by atoms with E-state index in [0.29, 0.717) is 17.2 Å². The van der Waals surface area contributed by atoms with Crippen LogP contribution in [0.5, 0.6) is 11.5 Å². The molecule has 1 aromatic heterocycles. The topological polar surface area (TPSA) is 141 Å². The Balaban J connectivity index is 1.69. The van der Waals surface area contributed by atoms with Crippen LogP contribution in [0.1, 0.15) is 0 Å². The highest BCUT2D eigenvalue weighted by atomic mass is 16.6. The van der Waals surface area contributed by atoms with Crippen molar-refractivity contribution in [2.75, 3.05) is 30.2 Å². The second-order valence-electron chi connectivity index (χ2n) is 5.84. The molecule has 3 rings (SSSR count). The number of carbonyl (C=O) groups excluding carboxylic acids is 1. The molecule has 0 aliphatic rings. The highest BCUT2D eigenvalue weighted by Crippen LogP contribution is 2.30. The molecule has 0 aliphatic carbocycles. The fourth-order valence-electron chi connectivity index (χ4n) is 2.49. The van der Waals surface area contributed by atoms with E-state index in [-0.39, 0.29) is 23.1 Å². The van der Waals surface area contributed by atoms with E-state index >= 15 is 0 Å². The minimum atomic E-state index is -0.609. The van der Waals surface area contributed by atoms with Crippen LogP contribution in [-0.4, -0.2) is 35.1 Å². The van der Waals surface area contributed by atoms with Gasteiger partial charge in [-0.1, -0.05) is 6.07 Å². The Hall–Kier alpha value is -4.41. The van der Waals surface area contributed by atoms with Crippen LogP contribution in [0.25, 0.3) is 0 Å². The number of aromatic nitrogens is 2. The second kappa shape index (κ2) is 9.19. The molecule has 0 saturated carbocycles. The third-order valence-corrected chi connectivity index (χ3v) is 3.87. The van der Waals surface area contributed by atoms with Gasteiger partial charge in [0.05, 0.1) is 24.8 Å². The first kappa shape index (κ1) is 20.3. The lowest BCUT2D eigenvalue weighted by atomic mass is 10.2. The van der Waals surface area contributed by atoms with E-state index in [4.69, 9.17) is 9.47 Å². The van der Waals surface area contributed by atoms with Crippen molar-refractivity contribution in [2.24, 2.45) is 0 Å². The summed E-state index contributed by atoms with van der Waals surface area (Å²) in [5.41, 5.74) is 0.753. The van der Waals surface area contributed by atoms with Gasteiger partial charge in [0.15, 0.2) is 0 Å². The molecule has 11 nitrogen and oxygen atoms in total. The number of anilines is 4. The number of benzene rings is 2. The molecule has 0 aliphatic heterocycles. The molecule has 3 N–H and O–H groups in total. The molecule has 11 heteroatoms. The Labute approximate surface area is 171 Å². The molecule has 0 saturated heterocycles. The Kier molecular flexibility index (Phi) is 6.23. The number of hydrogen-bond acceptors (Lipinski definition) is 8. The third kappa shape index (κ3) is 5.10.